The molecule has 0 spiro atoms. The second kappa shape index (κ2) is 5.20. The fourth-order valence-electron chi connectivity index (χ4n) is 1.54. The van der Waals surface area contributed by atoms with Gasteiger partial charge in [0.25, 0.3) is 0 Å². The maximum absolute atomic E-state index is 11.8. The highest BCUT2D eigenvalue weighted by molar-refractivity contribution is 9.11. The van der Waals surface area contributed by atoms with Gasteiger partial charge in [-0.25, -0.2) is 9.97 Å². The van der Waals surface area contributed by atoms with E-state index in [9.17, 15) is 4.79 Å². The zero-order chi connectivity index (χ0) is 11.5. The van der Waals surface area contributed by atoms with Crippen molar-refractivity contribution in [2.75, 3.05) is 11.9 Å². The molecular formula is C9H10Br2N4O. The third-order valence-electron chi connectivity index (χ3n) is 2.32. The number of hydrogen-bond donors (Lipinski definition) is 2. The van der Waals surface area contributed by atoms with Crippen molar-refractivity contribution in [3.8, 4) is 0 Å². The molecule has 0 unspecified atom stereocenters. The van der Waals surface area contributed by atoms with E-state index in [2.05, 4.69) is 52.5 Å². The molecule has 2 rings (SSSR count). The highest BCUT2D eigenvalue weighted by atomic mass is 79.9. The number of aromatic nitrogens is 2. The summed E-state index contributed by atoms with van der Waals surface area (Å²) in [4.78, 5) is 19.9. The van der Waals surface area contributed by atoms with Gasteiger partial charge in [-0.05, 0) is 51.2 Å². The first-order chi connectivity index (χ1) is 7.66. The van der Waals surface area contributed by atoms with Gasteiger partial charge in [-0.1, -0.05) is 0 Å². The lowest BCUT2D eigenvalue weighted by Gasteiger charge is -2.10. The number of hydrogen-bond acceptors (Lipinski definition) is 4. The second-order valence-corrected chi connectivity index (χ2v) is 5.03. The van der Waals surface area contributed by atoms with Crippen molar-refractivity contribution in [3.05, 3.63) is 15.4 Å². The van der Waals surface area contributed by atoms with Crippen molar-refractivity contribution in [1.29, 1.82) is 0 Å². The summed E-state index contributed by atoms with van der Waals surface area (Å²) < 4.78 is 1.14. The lowest BCUT2D eigenvalue weighted by Crippen LogP contribution is -2.35. The zero-order valence-electron chi connectivity index (χ0n) is 8.33. The van der Waals surface area contributed by atoms with Crippen molar-refractivity contribution in [2.45, 2.75) is 18.9 Å². The van der Waals surface area contributed by atoms with Crippen molar-refractivity contribution in [2.24, 2.45) is 0 Å². The predicted molar refractivity (Wildman–Crippen MR) is 67.1 cm³/mol. The number of carbonyl (C=O) groups excluding carboxylic acids is 1. The Kier molecular flexibility index (Phi) is 3.88. The Bertz CT molecular complexity index is 406. The highest BCUT2D eigenvalue weighted by Crippen LogP contribution is 2.20. The van der Waals surface area contributed by atoms with Crippen molar-refractivity contribution in [1.82, 2.24) is 15.3 Å². The summed E-state index contributed by atoms with van der Waals surface area (Å²) in [5.74, 6) is 0.386. The Morgan fingerprint density at radius 1 is 1.56 bits per heavy atom. The van der Waals surface area contributed by atoms with E-state index in [-0.39, 0.29) is 11.9 Å². The van der Waals surface area contributed by atoms with Gasteiger partial charge in [0.05, 0.1) is 12.2 Å². The minimum absolute atomic E-state index is 0.0603. The normalized spacial score (nSPS) is 19.8. The van der Waals surface area contributed by atoms with Gasteiger partial charge in [0.15, 0.2) is 5.82 Å². The van der Waals surface area contributed by atoms with E-state index in [4.69, 9.17) is 0 Å². The van der Waals surface area contributed by atoms with Gasteiger partial charge in [-0.15, -0.1) is 0 Å². The topological polar surface area (TPSA) is 66.9 Å². The molecule has 1 aliphatic rings. The molecule has 1 amide bonds. The van der Waals surface area contributed by atoms with Crippen LogP contribution in [0, 0.1) is 0 Å². The lowest BCUT2D eigenvalue weighted by atomic mass is 10.2. The smallest absolute Gasteiger partial charge is 0.242 e. The molecule has 1 atom stereocenters. The van der Waals surface area contributed by atoms with Crippen LogP contribution < -0.4 is 10.6 Å². The van der Waals surface area contributed by atoms with Crippen LogP contribution in [-0.2, 0) is 4.79 Å². The van der Waals surface area contributed by atoms with Gasteiger partial charge in [0.2, 0.25) is 5.91 Å². The molecule has 0 bridgehead atoms. The van der Waals surface area contributed by atoms with Crippen LogP contribution in [0.3, 0.4) is 0 Å². The minimum Gasteiger partial charge on any atom is -0.307 e. The Morgan fingerprint density at radius 3 is 3.00 bits per heavy atom. The molecule has 1 aromatic rings. The van der Waals surface area contributed by atoms with Gasteiger partial charge in [-0.2, -0.15) is 0 Å². The average Bonchev–Trinajstić information content (AvgIpc) is 2.75. The largest absolute Gasteiger partial charge is 0.307 e. The van der Waals surface area contributed by atoms with Crippen molar-refractivity contribution < 1.29 is 4.79 Å². The third kappa shape index (κ3) is 2.78. The standard InChI is InChI=1S/C9H10Br2N4O/c10-6-4-13-8(7(11)14-6)15-9(16)5-2-1-3-12-5/h4-5,12H,1-3H2,(H,13,15,16)/t5-/m0/s1. The van der Waals surface area contributed by atoms with E-state index < -0.39 is 0 Å². The van der Waals surface area contributed by atoms with Crippen LogP contribution in [0.2, 0.25) is 0 Å². The lowest BCUT2D eigenvalue weighted by molar-refractivity contribution is -0.117. The molecule has 86 valence electrons. The Balaban J connectivity index is 2.05. The van der Waals surface area contributed by atoms with E-state index in [1.54, 1.807) is 6.20 Å². The SMILES string of the molecule is O=C(Nc1ncc(Br)nc1Br)[C@@H]1CCCN1. The monoisotopic (exact) mass is 348 g/mol. The molecule has 5 nitrogen and oxygen atoms in total. The molecular weight excluding hydrogens is 340 g/mol. The molecule has 1 fully saturated rings. The van der Waals surface area contributed by atoms with Gasteiger partial charge in [-0.3, -0.25) is 4.79 Å². The number of halogens is 2. The van der Waals surface area contributed by atoms with Crippen LogP contribution in [-0.4, -0.2) is 28.5 Å². The number of rotatable bonds is 2. The molecule has 16 heavy (non-hydrogen) atoms. The zero-order valence-corrected chi connectivity index (χ0v) is 11.5. The van der Waals surface area contributed by atoms with E-state index in [1.165, 1.54) is 0 Å². The molecule has 7 heteroatoms. The second-order valence-electron chi connectivity index (χ2n) is 3.47. The van der Waals surface area contributed by atoms with E-state index in [1.807, 2.05) is 0 Å². The fourth-order valence-corrected chi connectivity index (χ4v) is 2.45. The Labute approximate surface area is 110 Å². The van der Waals surface area contributed by atoms with Crippen LogP contribution >= 0.6 is 31.9 Å². The molecule has 1 aromatic heterocycles. The number of nitrogens with one attached hydrogen (secondary N) is 2. The minimum atomic E-state index is -0.114. The first-order valence-electron chi connectivity index (χ1n) is 4.89. The quantitative estimate of drug-likeness (QED) is 0.852. The molecule has 2 N–H and O–H groups in total. The summed E-state index contributed by atoms with van der Waals surface area (Å²) in [6.07, 6.45) is 3.45. The molecule has 0 radical (unpaired) electrons. The van der Waals surface area contributed by atoms with Gasteiger partial charge < -0.3 is 10.6 Å². The van der Waals surface area contributed by atoms with Crippen LogP contribution in [0.4, 0.5) is 5.82 Å². The average molecular weight is 350 g/mol. The molecule has 0 aromatic carbocycles. The first-order valence-corrected chi connectivity index (χ1v) is 6.47. The summed E-state index contributed by atoms with van der Waals surface area (Å²) in [5.41, 5.74) is 0. The maximum Gasteiger partial charge on any atom is 0.242 e. The summed E-state index contributed by atoms with van der Waals surface area (Å²) in [5, 5.41) is 5.86. The van der Waals surface area contributed by atoms with Crippen molar-refractivity contribution in [3.63, 3.8) is 0 Å². The number of carbonyl (C=O) groups is 1. The number of amides is 1. The summed E-state index contributed by atoms with van der Waals surface area (Å²) >= 11 is 6.45. The molecule has 1 saturated heterocycles. The van der Waals surface area contributed by atoms with Crippen molar-refractivity contribution >= 4 is 43.6 Å². The summed E-state index contributed by atoms with van der Waals surface area (Å²) in [6, 6.07) is -0.114. The third-order valence-corrected chi connectivity index (χ3v) is 3.25. The van der Waals surface area contributed by atoms with Gasteiger partial charge in [0, 0.05) is 0 Å². The van der Waals surface area contributed by atoms with Crippen LogP contribution in [0.5, 0.6) is 0 Å². The maximum atomic E-state index is 11.8. The van der Waals surface area contributed by atoms with E-state index in [0.29, 0.717) is 15.0 Å². The Hall–Kier alpha value is -0.530. The van der Waals surface area contributed by atoms with Crippen LogP contribution in [0.25, 0.3) is 0 Å². The molecule has 2 heterocycles. The number of anilines is 1. The van der Waals surface area contributed by atoms with Crippen LogP contribution in [0.15, 0.2) is 15.4 Å². The number of nitrogens with zero attached hydrogens (tertiary/aromatic N) is 2. The van der Waals surface area contributed by atoms with E-state index in [0.717, 1.165) is 19.4 Å². The summed E-state index contributed by atoms with van der Waals surface area (Å²) in [6.45, 7) is 0.894. The highest BCUT2D eigenvalue weighted by Gasteiger charge is 2.22. The first kappa shape index (κ1) is 11.9. The molecule has 1 aliphatic heterocycles. The van der Waals surface area contributed by atoms with Crippen LogP contribution in [0.1, 0.15) is 12.8 Å². The molecule has 0 saturated carbocycles. The Morgan fingerprint density at radius 2 is 2.38 bits per heavy atom. The molecule has 0 aliphatic carbocycles. The summed E-state index contributed by atoms with van der Waals surface area (Å²) in [7, 11) is 0. The predicted octanol–water partition coefficient (Wildman–Crippen LogP) is 1.69. The van der Waals surface area contributed by atoms with Gasteiger partial charge >= 0.3 is 0 Å². The fraction of sp³-hybridized carbons (Fsp3) is 0.444. The van der Waals surface area contributed by atoms with Gasteiger partial charge in [0.1, 0.15) is 9.21 Å². The van der Waals surface area contributed by atoms with E-state index >= 15 is 0 Å².